The molecule has 166 valence electrons. The summed E-state index contributed by atoms with van der Waals surface area (Å²) in [4.78, 5) is 25.7. The minimum Gasteiger partial charge on any atom is -0.506 e. The molecule has 0 aromatic heterocycles. The van der Waals surface area contributed by atoms with Gasteiger partial charge in [-0.1, -0.05) is 25.1 Å². The third-order valence-electron chi connectivity index (χ3n) is 5.12. The van der Waals surface area contributed by atoms with E-state index in [0.717, 1.165) is 16.9 Å². The van der Waals surface area contributed by atoms with Crippen molar-refractivity contribution in [1.29, 1.82) is 0 Å². The summed E-state index contributed by atoms with van der Waals surface area (Å²) >= 11 is 0. The fourth-order valence-corrected chi connectivity index (χ4v) is 3.48. The number of nitrogens with one attached hydrogen (secondary N) is 2. The van der Waals surface area contributed by atoms with Crippen LogP contribution in [0.1, 0.15) is 24.5 Å². The number of phenols is 1. The number of amides is 2. The monoisotopic (exact) mass is 427 g/mol. The van der Waals surface area contributed by atoms with Crippen molar-refractivity contribution < 1.29 is 24.2 Å². The lowest BCUT2D eigenvalue weighted by atomic mass is 10.1. The normalized spacial score (nSPS) is 12.5. The van der Waals surface area contributed by atoms with Crippen molar-refractivity contribution >= 4 is 17.5 Å². The van der Waals surface area contributed by atoms with Gasteiger partial charge in [0.1, 0.15) is 17.2 Å². The molecule has 1 aliphatic rings. The topological polar surface area (TPSA) is 100 Å². The first kappa shape index (κ1) is 22.4. The Labute approximate surface area is 182 Å². The van der Waals surface area contributed by atoms with E-state index in [0.29, 0.717) is 50.5 Å². The lowest BCUT2D eigenvalue weighted by Gasteiger charge is -2.23. The van der Waals surface area contributed by atoms with Gasteiger partial charge in [-0.15, -0.1) is 0 Å². The van der Waals surface area contributed by atoms with Gasteiger partial charge in [-0.25, -0.2) is 0 Å². The van der Waals surface area contributed by atoms with Crippen LogP contribution in [0.5, 0.6) is 17.2 Å². The van der Waals surface area contributed by atoms with Crippen LogP contribution in [0.2, 0.25) is 0 Å². The number of nitrogens with zero attached hydrogens (tertiary/aromatic N) is 1. The van der Waals surface area contributed by atoms with Gasteiger partial charge in [0.25, 0.3) is 5.91 Å². The SMILES string of the molecule is CCC(=O)N(CCNCCc1ccc(O)c2c1OCC(=O)N2)Cc1cccc(OC)c1. The molecular weight excluding hydrogens is 398 g/mol. The second kappa shape index (κ2) is 10.7. The van der Waals surface area contributed by atoms with Gasteiger partial charge in [0.2, 0.25) is 5.91 Å². The van der Waals surface area contributed by atoms with Gasteiger partial charge in [-0.2, -0.15) is 0 Å². The molecule has 0 unspecified atom stereocenters. The van der Waals surface area contributed by atoms with Crippen LogP contribution in [0.3, 0.4) is 0 Å². The highest BCUT2D eigenvalue weighted by molar-refractivity contribution is 5.97. The van der Waals surface area contributed by atoms with Crippen molar-refractivity contribution in [3.8, 4) is 17.2 Å². The van der Waals surface area contributed by atoms with E-state index in [2.05, 4.69) is 10.6 Å². The number of benzene rings is 2. The minimum absolute atomic E-state index is 0.00831. The van der Waals surface area contributed by atoms with E-state index in [4.69, 9.17) is 9.47 Å². The Hall–Kier alpha value is -3.26. The zero-order valence-electron chi connectivity index (χ0n) is 17.9. The summed E-state index contributed by atoms with van der Waals surface area (Å²) in [5.41, 5.74) is 2.25. The standard InChI is InChI=1S/C23H29N3O5/c1-3-21(29)26(14-16-5-4-6-18(13-16)30-2)12-11-24-10-9-17-7-8-19(27)22-23(17)31-15-20(28)25-22/h4-8,13,24,27H,3,9-12,14-15H2,1-2H3,(H,25,28). The highest BCUT2D eigenvalue weighted by atomic mass is 16.5. The van der Waals surface area contributed by atoms with E-state index in [1.54, 1.807) is 19.2 Å². The number of ether oxygens (including phenoxy) is 2. The maximum absolute atomic E-state index is 12.4. The Morgan fingerprint density at radius 3 is 2.90 bits per heavy atom. The van der Waals surface area contributed by atoms with Gasteiger partial charge in [0.05, 0.1) is 7.11 Å². The number of hydrogen-bond donors (Lipinski definition) is 3. The van der Waals surface area contributed by atoms with Gasteiger partial charge in [-0.05, 0) is 42.3 Å². The number of carbonyl (C=O) groups is 2. The number of rotatable bonds is 10. The van der Waals surface area contributed by atoms with Crippen LogP contribution >= 0.6 is 0 Å². The van der Waals surface area contributed by atoms with Crippen LogP contribution in [0.4, 0.5) is 5.69 Å². The molecule has 0 bridgehead atoms. The number of phenolic OH excluding ortho intramolecular Hbond substituents is 1. The first-order chi connectivity index (χ1) is 15.0. The van der Waals surface area contributed by atoms with E-state index in [9.17, 15) is 14.7 Å². The van der Waals surface area contributed by atoms with E-state index in [-0.39, 0.29) is 24.2 Å². The van der Waals surface area contributed by atoms with Gasteiger partial charge in [-0.3, -0.25) is 9.59 Å². The van der Waals surface area contributed by atoms with E-state index in [1.165, 1.54) is 0 Å². The van der Waals surface area contributed by atoms with Crippen LogP contribution in [0.15, 0.2) is 36.4 Å². The molecule has 0 saturated heterocycles. The van der Waals surface area contributed by atoms with Gasteiger partial charge in [0, 0.05) is 26.1 Å². The number of methoxy groups -OCH3 is 1. The van der Waals surface area contributed by atoms with E-state index >= 15 is 0 Å². The fourth-order valence-electron chi connectivity index (χ4n) is 3.48. The predicted molar refractivity (Wildman–Crippen MR) is 118 cm³/mol. The summed E-state index contributed by atoms with van der Waals surface area (Å²) in [5, 5.41) is 15.9. The maximum atomic E-state index is 12.4. The Bertz CT molecular complexity index is 931. The zero-order chi connectivity index (χ0) is 22.2. The highest BCUT2D eigenvalue weighted by Gasteiger charge is 2.22. The molecular formula is C23H29N3O5. The van der Waals surface area contributed by atoms with Crippen LogP contribution in [0.25, 0.3) is 0 Å². The van der Waals surface area contributed by atoms with Crippen molar-refractivity contribution in [1.82, 2.24) is 10.2 Å². The Morgan fingerprint density at radius 2 is 2.13 bits per heavy atom. The van der Waals surface area contributed by atoms with E-state index in [1.807, 2.05) is 36.1 Å². The second-order valence-corrected chi connectivity index (χ2v) is 7.31. The van der Waals surface area contributed by atoms with Crippen LogP contribution in [-0.4, -0.2) is 55.2 Å². The van der Waals surface area contributed by atoms with Gasteiger partial charge in [0.15, 0.2) is 12.4 Å². The molecule has 0 fully saturated rings. The summed E-state index contributed by atoms with van der Waals surface area (Å²) in [6.45, 7) is 4.24. The lowest BCUT2D eigenvalue weighted by molar-refractivity contribution is -0.131. The summed E-state index contributed by atoms with van der Waals surface area (Å²) in [7, 11) is 1.63. The second-order valence-electron chi connectivity index (χ2n) is 7.31. The number of fused-ring (bicyclic) bond motifs is 1. The zero-order valence-corrected chi connectivity index (χ0v) is 17.9. The molecule has 3 rings (SSSR count). The number of carbonyl (C=O) groups excluding carboxylic acids is 2. The number of aromatic hydroxyl groups is 1. The summed E-state index contributed by atoms with van der Waals surface area (Å²) in [6.07, 6.45) is 1.11. The lowest BCUT2D eigenvalue weighted by Crippen LogP contribution is -2.36. The third-order valence-corrected chi connectivity index (χ3v) is 5.12. The minimum atomic E-state index is -0.283. The molecule has 8 heteroatoms. The van der Waals surface area contributed by atoms with Crippen LogP contribution in [-0.2, 0) is 22.6 Å². The molecule has 0 aliphatic carbocycles. The molecule has 31 heavy (non-hydrogen) atoms. The first-order valence-electron chi connectivity index (χ1n) is 10.4. The molecule has 1 aliphatic heterocycles. The number of hydrogen-bond acceptors (Lipinski definition) is 6. The largest absolute Gasteiger partial charge is 0.506 e. The molecule has 0 spiro atoms. The molecule has 2 amide bonds. The van der Waals surface area contributed by atoms with Gasteiger partial charge >= 0.3 is 0 Å². The van der Waals surface area contributed by atoms with Crippen molar-refractivity contribution in [3.05, 3.63) is 47.5 Å². The highest BCUT2D eigenvalue weighted by Crippen LogP contribution is 2.39. The Kier molecular flexibility index (Phi) is 7.72. The number of anilines is 1. The van der Waals surface area contributed by atoms with Crippen molar-refractivity contribution in [2.24, 2.45) is 0 Å². The Morgan fingerprint density at radius 1 is 1.29 bits per heavy atom. The van der Waals surface area contributed by atoms with Gasteiger partial charge < -0.3 is 30.1 Å². The molecule has 8 nitrogen and oxygen atoms in total. The molecule has 2 aromatic carbocycles. The van der Waals surface area contributed by atoms with Crippen molar-refractivity contribution in [3.63, 3.8) is 0 Å². The fraction of sp³-hybridized carbons (Fsp3) is 0.391. The third kappa shape index (κ3) is 5.88. The summed E-state index contributed by atoms with van der Waals surface area (Å²) in [6, 6.07) is 11.1. The molecule has 0 saturated carbocycles. The molecule has 2 aromatic rings. The smallest absolute Gasteiger partial charge is 0.262 e. The predicted octanol–water partition coefficient (Wildman–Crippen LogP) is 2.30. The maximum Gasteiger partial charge on any atom is 0.262 e. The first-order valence-corrected chi connectivity index (χ1v) is 10.4. The average Bonchev–Trinajstić information content (AvgIpc) is 2.79. The average molecular weight is 428 g/mol. The molecule has 3 N–H and O–H groups in total. The Balaban J connectivity index is 1.52. The summed E-state index contributed by atoms with van der Waals surface area (Å²) < 4.78 is 10.8. The quantitative estimate of drug-likeness (QED) is 0.397. The van der Waals surface area contributed by atoms with E-state index < -0.39 is 0 Å². The van der Waals surface area contributed by atoms with Crippen molar-refractivity contribution in [2.75, 3.05) is 38.7 Å². The molecule has 1 heterocycles. The molecule has 0 atom stereocenters. The van der Waals surface area contributed by atoms with Crippen molar-refractivity contribution in [2.45, 2.75) is 26.3 Å². The summed E-state index contributed by atoms with van der Waals surface area (Å²) in [5.74, 6) is 1.10. The van der Waals surface area contributed by atoms with Crippen LogP contribution in [0, 0.1) is 0 Å². The van der Waals surface area contributed by atoms with Crippen LogP contribution < -0.4 is 20.1 Å². The molecule has 0 radical (unpaired) electrons.